The summed E-state index contributed by atoms with van der Waals surface area (Å²) in [5.41, 5.74) is -0.419. The molecule has 0 aliphatic rings. The Morgan fingerprint density at radius 2 is 2.25 bits per heavy atom. The fraction of sp³-hybridized carbons (Fsp3) is 0.600. The second kappa shape index (κ2) is 5.27. The summed E-state index contributed by atoms with van der Waals surface area (Å²) in [6.07, 6.45) is 0.565. The number of sulfonamides is 1. The van der Waals surface area contributed by atoms with E-state index in [1.165, 1.54) is 11.3 Å². The summed E-state index contributed by atoms with van der Waals surface area (Å²) < 4.78 is 25.3. The molecule has 0 radical (unpaired) electrons. The Hall–Kier alpha value is -0.430. The molecule has 1 aromatic heterocycles. The smallest absolute Gasteiger partial charge is 0.211 e. The number of thiophene rings is 1. The fourth-order valence-electron chi connectivity index (χ4n) is 1.26. The number of nitrogens with one attached hydrogen (secondary N) is 1. The topological polar surface area (TPSA) is 66.4 Å². The minimum atomic E-state index is -3.26. The van der Waals surface area contributed by atoms with Crippen molar-refractivity contribution in [1.29, 1.82) is 0 Å². The number of aliphatic hydroxyl groups is 1. The van der Waals surface area contributed by atoms with Gasteiger partial charge in [0, 0.05) is 6.54 Å². The van der Waals surface area contributed by atoms with Crippen LogP contribution in [0.15, 0.2) is 16.8 Å². The average molecular weight is 263 g/mol. The largest absolute Gasteiger partial charge is 0.384 e. The van der Waals surface area contributed by atoms with Gasteiger partial charge in [-0.05, 0) is 35.7 Å². The molecular weight excluding hydrogens is 246 g/mol. The van der Waals surface area contributed by atoms with E-state index in [4.69, 9.17) is 0 Å². The van der Waals surface area contributed by atoms with E-state index < -0.39 is 15.6 Å². The van der Waals surface area contributed by atoms with Crippen LogP contribution >= 0.6 is 11.3 Å². The van der Waals surface area contributed by atoms with Gasteiger partial charge in [-0.3, -0.25) is 0 Å². The summed E-state index contributed by atoms with van der Waals surface area (Å²) in [4.78, 5) is 0. The SMILES string of the molecule is CCCS(=O)(=O)NC[C@@](C)(O)c1ccsc1. The minimum Gasteiger partial charge on any atom is -0.384 e. The van der Waals surface area contributed by atoms with Crippen molar-refractivity contribution in [3.63, 3.8) is 0 Å². The lowest BCUT2D eigenvalue weighted by Gasteiger charge is -2.22. The zero-order chi connectivity index (χ0) is 12.2. The second-order valence-electron chi connectivity index (χ2n) is 3.93. The first-order valence-electron chi connectivity index (χ1n) is 5.10. The lowest BCUT2D eigenvalue weighted by Crippen LogP contribution is -2.39. The fourth-order valence-corrected chi connectivity index (χ4v) is 3.23. The average Bonchev–Trinajstić information content (AvgIpc) is 2.68. The van der Waals surface area contributed by atoms with Gasteiger partial charge < -0.3 is 5.11 Å². The highest BCUT2D eigenvalue weighted by Gasteiger charge is 2.25. The Kier molecular flexibility index (Phi) is 4.49. The van der Waals surface area contributed by atoms with Crippen molar-refractivity contribution in [2.75, 3.05) is 12.3 Å². The molecule has 6 heteroatoms. The number of rotatable bonds is 6. The Labute approximate surface area is 100 Å². The zero-order valence-corrected chi connectivity index (χ0v) is 11.1. The molecular formula is C10H17NO3S2. The maximum absolute atomic E-state index is 11.4. The van der Waals surface area contributed by atoms with Crippen LogP contribution in [0.5, 0.6) is 0 Å². The van der Waals surface area contributed by atoms with E-state index in [0.29, 0.717) is 6.42 Å². The van der Waals surface area contributed by atoms with Crippen LogP contribution < -0.4 is 4.72 Å². The van der Waals surface area contributed by atoms with Gasteiger partial charge in [0.25, 0.3) is 0 Å². The molecule has 16 heavy (non-hydrogen) atoms. The van der Waals surface area contributed by atoms with E-state index in [-0.39, 0.29) is 12.3 Å². The first-order valence-corrected chi connectivity index (χ1v) is 7.69. The molecule has 0 amide bonds. The molecule has 1 rings (SSSR count). The molecule has 0 spiro atoms. The Bertz CT molecular complexity index is 409. The van der Waals surface area contributed by atoms with Gasteiger partial charge in [-0.2, -0.15) is 11.3 Å². The predicted molar refractivity (Wildman–Crippen MR) is 66.0 cm³/mol. The van der Waals surface area contributed by atoms with Gasteiger partial charge in [0.1, 0.15) is 5.60 Å². The third-order valence-electron chi connectivity index (χ3n) is 2.25. The van der Waals surface area contributed by atoms with Crippen molar-refractivity contribution in [3.05, 3.63) is 22.4 Å². The Morgan fingerprint density at radius 3 is 2.75 bits per heavy atom. The lowest BCUT2D eigenvalue weighted by molar-refractivity contribution is 0.0632. The molecule has 0 aromatic carbocycles. The highest BCUT2D eigenvalue weighted by atomic mass is 32.2. The molecule has 92 valence electrons. The van der Waals surface area contributed by atoms with Crippen LogP contribution in [0, 0.1) is 0 Å². The normalized spacial score (nSPS) is 15.9. The van der Waals surface area contributed by atoms with Crippen LogP contribution in [0.4, 0.5) is 0 Å². The van der Waals surface area contributed by atoms with Gasteiger partial charge in [-0.25, -0.2) is 13.1 Å². The molecule has 2 N–H and O–H groups in total. The summed E-state index contributed by atoms with van der Waals surface area (Å²) >= 11 is 1.47. The third-order valence-corrected chi connectivity index (χ3v) is 4.47. The molecule has 0 saturated carbocycles. The second-order valence-corrected chi connectivity index (χ2v) is 6.63. The highest BCUT2D eigenvalue weighted by molar-refractivity contribution is 7.89. The Balaban J connectivity index is 2.62. The summed E-state index contributed by atoms with van der Waals surface area (Å²) in [6.45, 7) is 3.41. The molecule has 1 atom stereocenters. The summed E-state index contributed by atoms with van der Waals surface area (Å²) in [6, 6.07) is 1.79. The summed E-state index contributed by atoms with van der Waals surface area (Å²) in [5.74, 6) is 0.0900. The maximum atomic E-state index is 11.4. The van der Waals surface area contributed by atoms with Crippen LogP contribution in [0.25, 0.3) is 0 Å². The van der Waals surface area contributed by atoms with Gasteiger partial charge in [0.2, 0.25) is 10.0 Å². The number of hydrogen-bond acceptors (Lipinski definition) is 4. The lowest BCUT2D eigenvalue weighted by atomic mass is 10.0. The van der Waals surface area contributed by atoms with E-state index in [0.717, 1.165) is 5.56 Å². The van der Waals surface area contributed by atoms with Gasteiger partial charge in [0.05, 0.1) is 5.75 Å². The van der Waals surface area contributed by atoms with Crippen molar-refractivity contribution in [2.24, 2.45) is 0 Å². The van der Waals surface area contributed by atoms with E-state index >= 15 is 0 Å². The standard InChI is InChI=1S/C10H17NO3S2/c1-3-6-16(13,14)11-8-10(2,12)9-4-5-15-7-9/h4-5,7,11-12H,3,6,8H2,1-2H3/t10-/m1/s1. The van der Waals surface area contributed by atoms with Gasteiger partial charge in [0.15, 0.2) is 0 Å². The third kappa shape index (κ3) is 3.86. The molecule has 0 fully saturated rings. The van der Waals surface area contributed by atoms with Crippen molar-refractivity contribution in [3.8, 4) is 0 Å². The molecule has 0 aliphatic carbocycles. The van der Waals surface area contributed by atoms with Gasteiger partial charge in [-0.1, -0.05) is 6.92 Å². The molecule has 0 unspecified atom stereocenters. The van der Waals surface area contributed by atoms with Gasteiger partial charge in [-0.15, -0.1) is 0 Å². The maximum Gasteiger partial charge on any atom is 0.211 e. The van der Waals surface area contributed by atoms with Crippen molar-refractivity contribution in [2.45, 2.75) is 25.9 Å². The molecule has 4 nitrogen and oxygen atoms in total. The van der Waals surface area contributed by atoms with E-state index in [2.05, 4.69) is 4.72 Å². The summed E-state index contributed by atoms with van der Waals surface area (Å²) in [5, 5.41) is 13.8. The first kappa shape index (κ1) is 13.6. The zero-order valence-electron chi connectivity index (χ0n) is 9.43. The van der Waals surface area contributed by atoms with Crippen molar-refractivity contribution in [1.82, 2.24) is 4.72 Å². The van der Waals surface area contributed by atoms with E-state index in [1.54, 1.807) is 19.9 Å². The van der Waals surface area contributed by atoms with Crippen molar-refractivity contribution >= 4 is 21.4 Å². The predicted octanol–water partition coefficient (Wildman–Crippen LogP) is 1.28. The van der Waals surface area contributed by atoms with Crippen molar-refractivity contribution < 1.29 is 13.5 Å². The number of hydrogen-bond donors (Lipinski definition) is 2. The van der Waals surface area contributed by atoms with E-state index in [9.17, 15) is 13.5 Å². The van der Waals surface area contributed by atoms with Crippen LogP contribution in [0.1, 0.15) is 25.8 Å². The molecule has 0 saturated heterocycles. The summed E-state index contributed by atoms with van der Waals surface area (Å²) in [7, 11) is -3.26. The van der Waals surface area contributed by atoms with Crippen LogP contribution in [0.3, 0.4) is 0 Å². The quantitative estimate of drug-likeness (QED) is 0.812. The molecule has 0 aliphatic heterocycles. The molecule has 1 heterocycles. The Morgan fingerprint density at radius 1 is 1.56 bits per heavy atom. The van der Waals surface area contributed by atoms with Crippen LogP contribution in [-0.2, 0) is 15.6 Å². The first-order chi connectivity index (χ1) is 7.37. The van der Waals surface area contributed by atoms with E-state index in [1.807, 2.05) is 10.8 Å². The van der Waals surface area contributed by atoms with Crippen LogP contribution in [-0.4, -0.2) is 25.8 Å². The van der Waals surface area contributed by atoms with Gasteiger partial charge >= 0.3 is 0 Å². The van der Waals surface area contributed by atoms with Crippen LogP contribution in [0.2, 0.25) is 0 Å². The highest BCUT2D eigenvalue weighted by Crippen LogP contribution is 2.22. The minimum absolute atomic E-state index is 0.00602. The molecule has 0 bridgehead atoms. The molecule has 1 aromatic rings. The monoisotopic (exact) mass is 263 g/mol.